The molecule has 0 aliphatic carbocycles. The van der Waals surface area contributed by atoms with E-state index in [9.17, 15) is 0 Å². The molecule has 0 aliphatic rings. The Hall–Kier alpha value is -4.85. The zero-order valence-corrected chi connectivity index (χ0v) is 27.5. The number of hydrogen-bond acceptors (Lipinski definition) is 6. The average molecular weight is 635 g/mol. The third-order valence-electron chi connectivity index (χ3n) is 9.05. The lowest BCUT2D eigenvalue weighted by Gasteiger charge is -2.24. The number of hydrogen-bond donors (Lipinski definition) is 0. The van der Waals surface area contributed by atoms with Gasteiger partial charge in [-0.2, -0.15) is 0 Å². The lowest BCUT2D eigenvalue weighted by Crippen LogP contribution is -2.09. The first kappa shape index (κ1) is 27.5. The van der Waals surface area contributed by atoms with Crippen molar-refractivity contribution in [2.75, 3.05) is 0 Å². The lowest BCUT2D eigenvalue weighted by molar-refractivity contribution is 0.674. The van der Waals surface area contributed by atoms with Crippen LogP contribution in [-0.2, 0) is 0 Å². The van der Waals surface area contributed by atoms with Gasteiger partial charge in [-0.05, 0) is 64.4 Å². The van der Waals surface area contributed by atoms with Gasteiger partial charge in [0.25, 0.3) is 0 Å². The van der Waals surface area contributed by atoms with Crippen molar-refractivity contribution < 1.29 is 4.42 Å². The summed E-state index contributed by atoms with van der Waals surface area (Å²) in [6, 6.07) is 30.4. The van der Waals surface area contributed by atoms with E-state index in [4.69, 9.17) is 14.4 Å². The minimum absolute atomic E-state index is 0.284. The molecule has 0 aliphatic heterocycles. The van der Waals surface area contributed by atoms with Crippen LogP contribution in [0.3, 0.4) is 0 Å². The molecule has 0 fully saturated rings. The highest BCUT2D eigenvalue weighted by Crippen LogP contribution is 2.46. The summed E-state index contributed by atoms with van der Waals surface area (Å²) in [6.07, 6.45) is 0. The van der Waals surface area contributed by atoms with Crippen LogP contribution in [0.15, 0.2) is 100 Å². The molecule has 5 aromatic carbocycles. The first-order chi connectivity index (χ1) is 22.5. The molecule has 0 atom stereocenters. The van der Waals surface area contributed by atoms with E-state index in [-0.39, 0.29) is 11.8 Å². The van der Waals surface area contributed by atoms with E-state index < -0.39 is 0 Å². The van der Waals surface area contributed by atoms with Crippen LogP contribution in [0.2, 0.25) is 0 Å². The maximum absolute atomic E-state index is 6.90. The largest absolute Gasteiger partial charge is 0.454 e. The molecule has 224 valence electrons. The van der Waals surface area contributed by atoms with Gasteiger partial charge in [-0.3, -0.25) is 4.57 Å². The summed E-state index contributed by atoms with van der Waals surface area (Å²) in [5, 5.41) is 2.18. The van der Waals surface area contributed by atoms with Gasteiger partial charge >= 0.3 is 0 Å². The van der Waals surface area contributed by atoms with Crippen LogP contribution in [0.25, 0.3) is 81.6 Å². The number of imidazole rings is 1. The number of thiazole rings is 2. The molecule has 0 saturated heterocycles. The monoisotopic (exact) mass is 634 g/mol. The van der Waals surface area contributed by atoms with Crippen LogP contribution in [0.1, 0.15) is 50.7 Å². The van der Waals surface area contributed by atoms with Crippen molar-refractivity contribution in [1.29, 1.82) is 0 Å². The second kappa shape index (κ2) is 10.3. The number of fused-ring (bicyclic) bond motifs is 9. The summed E-state index contributed by atoms with van der Waals surface area (Å²) < 4.78 is 11.4. The van der Waals surface area contributed by atoms with Gasteiger partial charge in [0.05, 0.1) is 42.7 Å². The van der Waals surface area contributed by atoms with Gasteiger partial charge in [0.1, 0.15) is 22.4 Å². The minimum Gasteiger partial charge on any atom is -0.454 e. The topological polar surface area (TPSA) is 56.7 Å². The molecule has 9 rings (SSSR count). The van der Waals surface area contributed by atoms with E-state index in [0.29, 0.717) is 0 Å². The van der Waals surface area contributed by atoms with Gasteiger partial charge in [0.15, 0.2) is 5.58 Å². The van der Waals surface area contributed by atoms with Crippen molar-refractivity contribution in [2.24, 2.45) is 0 Å². The van der Waals surface area contributed by atoms with Crippen LogP contribution >= 0.6 is 22.7 Å². The Labute approximate surface area is 273 Å². The SMILES string of the molecule is CC(C)c1cc(-c2ccccc2)cc(C(C)C)c1-n1c(-c2cccc3c2oc2c4scnc4c4ncsc4c32)nc2ccccc21. The normalized spacial score (nSPS) is 12.3. The van der Waals surface area contributed by atoms with E-state index in [1.165, 1.54) is 27.9 Å². The Kier molecular flexibility index (Phi) is 6.17. The standard InChI is InChI=1S/C39H30N4OS2/c1-21(2)27-17-24(23-11-6-5-7-12-23)18-28(22(3)4)34(27)43-30-16-9-8-15-29(30)42-39(43)26-14-10-13-25-31-36(44-35(25)26)38-33(41-20-46-38)32-37(31)45-19-40-32/h5-22H,1-4H3. The predicted octanol–water partition coefficient (Wildman–Crippen LogP) is 11.7. The highest BCUT2D eigenvalue weighted by atomic mass is 32.1. The third kappa shape index (κ3) is 3.95. The summed E-state index contributed by atoms with van der Waals surface area (Å²) in [5.41, 5.74) is 16.6. The number of rotatable bonds is 5. The van der Waals surface area contributed by atoms with Gasteiger partial charge in [0.2, 0.25) is 0 Å². The third-order valence-corrected chi connectivity index (χ3v) is 10.7. The van der Waals surface area contributed by atoms with Crippen molar-refractivity contribution in [3.8, 4) is 28.2 Å². The Morgan fingerprint density at radius 2 is 1.35 bits per heavy atom. The second-order valence-electron chi connectivity index (χ2n) is 12.5. The summed E-state index contributed by atoms with van der Waals surface area (Å²) >= 11 is 3.25. The van der Waals surface area contributed by atoms with Gasteiger partial charge < -0.3 is 4.42 Å². The molecule has 0 unspecified atom stereocenters. The quantitative estimate of drug-likeness (QED) is 0.189. The number of nitrogens with zero attached hydrogens (tertiary/aromatic N) is 4. The van der Waals surface area contributed by atoms with Gasteiger partial charge in [0, 0.05) is 10.8 Å². The fraction of sp³-hybridized carbons (Fsp3) is 0.154. The highest BCUT2D eigenvalue weighted by molar-refractivity contribution is 7.20. The van der Waals surface area contributed by atoms with Gasteiger partial charge in [-0.15, -0.1) is 22.7 Å². The van der Waals surface area contributed by atoms with Crippen LogP contribution in [0.4, 0.5) is 0 Å². The molecule has 9 aromatic rings. The van der Waals surface area contributed by atoms with Crippen LogP contribution in [0.5, 0.6) is 0 Å². The molecule has 0 bridgehead atoms. The van der Waals surface area contributed by atoms with E-state index in [1.54, 1.807) is 22.7 Å². The zero-order chi connectivity index (χ0) is 31.1. The molecule has 0 N–H and O–H groups in total. The minimum atomic E-state index is 0.284. The van der Waals surface area contributed by atoms with E-state index in [1.807, 2.05) is 11.0 Å². The fourth-order valence-corrected chi connectivity index (χ4v) is 8.52. The summed E-state index contributed by atoms with van der Waals surface area (Å²) in [5.74, 6) is 1.45. The molecule has 4 heterocycles. The summed E-state index contributed by atoms with van der Waals surface area (Å²) in [4.78, 5) is 14.7. The number of benzene rings is 5. The van der Waals surface area contributed by atoms with Crippen LogP contribution in [0, 0.1) is 0 Å². The number of para-hydroxylation sites is 3. The van der Waals surface area contributed by atoms with Crippen molar-refractivity contribution in [3.05, 3.63) is 107 Å². The average Bonchev–Trinajstić information content (AvgIpc) is 3.87. The molecule has 0 amide bonds. The molecule has 0 radical (unpaired) electrons. The first-order valence-electron chi connectivity index (χ1n) is 15.6. The highest BCUT2D eigenvalue weighted by Gasteiger charge is 2.27. The number of aromatic nitrogens is 4. The lowest BCUT2D eigenvalue weighted by atomic mass is 9.88. The van der Waals surface area contributed by atoms with Gasteiger partial charge in [-0.25, -0.2) is 15.0 Å². The first-order valence-corrected chi connectivity index (χ1v) is 17.4. The molecular weight excluding hydrogens is 605 g/mol. The van der Waals surface area contributed by atoms with Crippen molar-refractivity contribution >= 4 is 76.1 Å². The Balaban J connectivity index is 1.40. The maximum atomic E-state index is 6.90. The van der Waals surface area contributed by atoms with Crippen LogP contribution in [-0.4, -0.2) is 19.5 Å². The second-order valence-corrected chi connectivity index (χ2v) is 14.2. The van der Waals surface area contributed by atoms with Crippen molar-refractivity contribution in [1.82, 2.24) is 19.5 Å². The van der Waals surface area contributed by atoms with E-state index in [2.05, 4.69) is 122 Å². The molecule has 0 saturated carbocycles. The predicted molar refractivity (Wildman–Crippen MR) is 194 cm³/mol. The Bertz CT molecular complexity index is 2570. The van der Waals surface area contributed by atoms with E-state index >= 15 is 0 Å². The number of furan rings is 1. The zero-order valence-electron chi connectivity index (χ0n) is 25.9. The van der Waals surface area contributed by atoms with E-state index in [0.717, 1.165) is 64.8 Å². The van der Waals surface area contributed by atoms with Gasteiger partial charge in [-0.1, -0.05) is 82.3 Å². The molecule has 0 spiro atoms. The molecule has 4 aromatic heterocycles. The molecule has 7 heteroatoms. The van der Waals surface area contributed by atoms with Crippen molar-refractivity contribution in [2.45, 2.75) is 39.5 Å². The van der Waals surface area contributed by atoms with Crippen LogP contribution < -0.4 is 0 Å². The maximum Gasteiger partial charge on any atom is 0.156 e. The molecular formula is C39H30N4OS2. The molecule has 46 heavy (non-hydrogen) atoms. The fourth-order valence-electron chi connectivity index (χ4n) is 6.90. The summed E-state index contributed by atoms with van der Waals surface area (Å²) in [7, 11) is 0. The Morgan fingerprint density at radius 3 is 2.09 bits per heavy atom. The summed E-state index contributed by atoms with van der Waals surface area (Å²) in [6.45, 7) is 9.16. The molecule has 5 nitrogen and oxygen atoms in total. The Morgan fingerprint density at radius 1 is 0.674 bits per heavy atom. The smallest absolute Gasteiger partial charge is 0.156 e. The van der Waals surface area contributed by atoms with Crippen molar-refractivity contribution in [3.63, 3.8) is 0 Å².